The predicted molar refractivity (Wildman–Crippen MR) is 104 cm³/mol. The van der Waals surface area contributed by atoms with Crippen molar-refractivity contribution in [2.45, 2.75) is 64.6 Å². The number of Topliss-reactive ketones (excluding diaryl/α,β-unsaturated/α-hetero) is 1. The summed E-state index contributed by atoms with van der Waals surface area (Å²) in [7, 11) is 0. The first-order chi connectivity index (χ1) is 13.5. The molecule has 0 spiro atoms. The highest BCUT2D eigenvalue weighted by Crippen LogP contribution is 2.26. The zero-order valence-corrected chi connectivity index (χ0v) is 16.4. The van der Waals surface area contributed by atoms with Crippen molar-refractivity contribution >= 4 is 12.2 Å². The number of carbonyl (C=O) groups excluding carboxylic acids is 2. The number of ketones is 1. The van der Waals surface area contributed by atoms with E-state index in [4.69, 9.17) is 4.42 Å². The highest BCUT2D eigenvalue weighted by Gasteiger charge is 2.36. The fourth-order valence-electron chi connectivity index (χ4n) is 3.93. The molecular formula is C21H27N3O4. The average Bonchev–Trinajstić information content (AvgIpc) is 3.07. The molecule has 7 nitrogen and oxygen atoms in total. The van der Waals surface area contributed by atoms with Gasteiger partial charge in [0, 0.05) is 6.04 Å². The van der Waals surface area contributed by atoms with Crippen molar-refractivity contribution in [2.24, 2.45) is 5.92 Å². The van der Waals surface area contributed by atoms with Crippen LogP contribution in [-0.2, 0) is 11.3 Å². The normalized spacial score (nSPS) is 16.1. The van der Waals surface area contributed by atoms with Crippen molar-refractivity contribution < 1.29 is 14.0 Å². The van der Waals surface area contributed by atoms with Crippen LogP contribution in [0.1, 0.15) is 62.2 Å². The molecule has 0 bridgehead atoms. The minimum Gasteiger partial charge on any atom is -0.384 e. The van der Waals surface area contributed by atoms with Crippen LogP contribution in [0.4, 0.5) is 0 Å². The highest BCUT2D eigenvalue weighted by molar-refractivity contribution is 5.97. The van der Waals surface area contributed by atoms with Crippen LogP contribution in [0, 0.1) is 5.92 Å². The maximum Gasteiger partial charge on any atom is 0.437 e. The molecule has 1 atom stereocenters. The van der Waals surface area contributed by atoms with Crippen LogP contribution in [-0.4, -0.2) is 39.0 Å². The van der Waals surface area contributed by atoms with E-state index in [0.717, 1.165) is 48.8 Å². The first kappa shape index (κ1) is 20.0. The molecule has 3 rings (SSSR count). The molecule has 28 heavy (non-hydrogen) atoms. The molecule has 1 aromatic heterocycles. The van der Waals surface area contributed by atoms with Gasteiger partial charge in [0.05, 0.1) is 6.54 Å². The van der Waals surface area contributed by atoms with E-state index in [1.807, 2.05) is 44.2 Å². The van der Waals surface area contributed by atoms with Crippen molar-refractivity contribution in [3.63, 3.8) is 0 Å². The van der Waals surface area contributed by atoms with E-state index >= 15 is 0 Å². The van der Waals surface area contributed by atoms with Gasteiger partial charge in [-0.25, -0.2) is 4.79 Å². The maximum absolute atomic E-state index is 13.1. The second kappa shape index (κ2) is 8.99. The fraction of sp³-hybridized carbons (Fsp3) is 0.524. The quantitative estimate of drug-likeness (QED) is 0.515. The summed E-state index contributed by atoms with van der Waals surface area (Å²) in [5, 5.41) is 4.12. The second-order valence-electron chi connectivity index (χ2n) is 7.71. The first-order valence-electron chi connectivity index (χ1n) is 9.90. The SMILES string of the molecule is CC(C)[C@@H](C(=O)c1nn(Cc2ccccc2)c(=O)o1)N(C=O)C1CCCCC1. The molecule has 1 fully saturated rings. The number of carbonyl (C=O) groups is 2. The lowest BCUT2D eigenvalue weighted by molar-refractivity contribution is -0.123. The Morgan fingerprint density at radius 1 is 1.25 bits per heavy atom. The third-order valence-electron chi connectivity index (χ3n) is 5.33. The van der Waals surface area contributed by atoms with Crippen molar-refractivity contribution in [2.75, 3.05) is 0 Å². The van der Waals surface area contributed by atoms with Crippen molar-refractivity contribution in [1.29, 1.82) is 0 Å². The van der Waals surface area contributed by atoms with Crippen LogP contribution in [0.2, 0.25) is 0 Å². The van der Waals surface area contributed by atoms with Gasteiger partial charge in [0.2, 0.25) is 12.2 Å². The zero-order valence-electron chi connectivity index (χ0n) is 16.4. The number of rotatable bonds is 8. The van der Waals surface area contributed by atoms with E-state index in [0.29, 0.717) is 0 Å². The minimum atomic E-state index is -0.691. The molecule has 0 aliphatic heterocycles. The fourth-order valence-corrected chi connectivity index (χ4v) is 3.93. The summed E-state index contributed by atoms with van der Waals surface area (Å²) < 4.78 is 6.31. The summed E-state index contributed by atoms with van der Waals surface area (Å²) in [5.74, 6) is -1.45. The maximum atomic E-state index is 13.1. The van der Waals surface area contributed by atoms with Gasteiger partial charge in [-0.05, 0) is 24.3 Å². The van der Waals surface area contributed by atoms with Crippen LogP contribution in [0.25, 0.3) is 0 Å². The molecule has 0 N–H and O–H groups in total. The summed E-state index contributed by atoms with van der Waals surface area (Å²) in [4.78, 5) is 38.8. The Labute approximate surface area is 164 Å². The van der Waals surface area contributed by atoms with Gasteiger partial charge < -0.3 is 9.32 Å². The third-order valence-corrected chi connectivity index (χ3v) is 5.33. The van der Waals surface area contributed by atoms with Gasteiger partial charge in [0.15, 0.2) is 0 Å². The molecule has 0 unspecified atom stereocenters. The largest absolute Gasteiger partial charge is 0.437 e. The summed E-state index contributed by atoms with van der Waals surface area (Å²) in [6, 6.07) is 8.72. The van der Waals surface area contributed by atoms with Crippen molar-refractivity contribution in [3.05, 3.63) is 52.3 Å². The molecule has 1 saturated carbocycles. The van der Waals surface area contributed by atoms with Crippen LogP contribution in [0.15, 0.2) is 39.5 Å². The van der Waals surface area contributed by atoms with Gasteiger partial charge in [-0.1, -0.05) is 63.4 Å². The van der Waals surface area contributed by atoms with Gasteiger partial charge in [-0.15, -0.1) is 5.10 Å². The van der Waals surface area contributed by atoms with E-state index in [-0.39, 0.29) is 24.4 Å². The summed E-state index contributed by atoms with van der Waals surface area (Å²) in [6.45, 7) is 4.00. The highest BCUT2D eigenvalue weighted by atomic mass is 16.4. The predicted octanol–water partition coefficient (Wildman–Crippen LogP) is 2.88. The van der Waals surface area contributed by atoms with Gasteiger partial charge in [0.25, 0.3) is 5.89 Å². The molecule has 1 aromatic carbocycles. The molecule has 1 aliphatic carbocycles. The second-order valence-corrected chi connectivity index (χ2v) is 7.71. The average molecular weight is 385 g/mol. The lowest BCUT2D eigenvalue weighted by atomic mass is 9.90. The van der Waals surface area contributed by atoms with Gasteiger partial charge in [-0.2, -0.15) is 4.68 Å². The van der Waals surface area contributed by atoms with E-state index < -0.39 is 17.6 Å². The molecule has 0 radical (unpaired) electrons. The number of amides is 1. The standard InChI is InChI=1S/C21H27N3O4/c1-15(2)18(23(14-25)17-11-7-4-8-12-17)19(26)20-22-24(21(27)28-20)13-16-9-5-3-6-10-16/h3,5-6,9-10,14-15,17-18H,4,7-8,11-13H2,1-2H3/t18-/m0/s1. The van der Waals surface area contributed by atoms with E-state index in [1.54, 1.807) is 4.90 Å². The lowest BCUT2D eigenvalue weighted by Gasteiger charge is -2.37. The Bertz CT molecular complexity index is 850. The lowest BCUT2D eigenvalue weighted by Crippen LogP contribution is -2.50. The van der Waals surface area contributed by atoms with Gasteiger partial charge in [-0.3, -0.25) is 9.59 Å². The van der Waals surface area contributed by atoms with Crippen molar-refractivity contribution in [1.82, 2.24) is 14.7 Å². The summed E-state index contributed by atoms with van der Waals surface area (Å²) in [5.41, 5.74) is 0.883. The van der Waals surface area contributed by atoms with E-state index in [2.05, 4.69) is 5.10 Å². The minimum absolute atomic E-state index is 0.0423. The first-order valence-corrected chi connectivity index (χ1v) is 9.90. The molecule has 1 aliphatic rings. The van der Waals surface area contributed by atoms with Crippen LogP contribution in [0.5, 0.6) is 0 Å². The Morgan fingerprint density at radius 3 is 2.54 bits per heavy atom. The monoisotopic (exact) mass is 385 g/mol. The molecule has 2 aromatic rings. The molecule has 7 heteroatoms. The van der Waals surface area contributed by atoms with Gasteiger partial charge >= 0.3 is 5.76 Å². The number of aromatic nitrogens is 2. The van der Waals surface area contributed by atoms with Gasteiger partial charge in [0.1, 0.15) is 6.04 Å². The molecule has 1 heterocycles. The molecule has 1 amide bonds. The van der Waals surface area contributed by atoms with Crippen LogP contribution >= 0.6 is 0 Å². The number of hydrogen-bond acceptors (Lipinski definition) is 5. The van der Waals surface area contributed by atoms with E-state index in [1.165, 1.54) is 0 Å². The number of hydrogen-bond donors (Lipinski definition) is 0. The topological polar surface area (TPSA) is 85.4 Å². The molecule has 0 saturated heterocycles. The van der Waals surface area contributed by atoms with E-state index in [9.17, 15) is 14.4 Å². The zero-order chi connectivity index (χ0) is 20.1. The van der Waals surface area contributed by atoms with Crippen LogP contribution < -0.4 is 5.76 Å². The number of nitrogens with zero attached hydrogens (tertiary/aromatic N) is 3. The Morgan fingerprint density at radius 2 is 1.93 bits per heavy atom. The molecule has 150 valence electrons. The Hall–Kier alpha value is -2.70. The molecular weight excluding hydrogens is 358 g/mol. The third kappa shape index (κ3) is 4.40. The van der Waals surface area contributed by atoms with Crippen LogP contribution in [0.3, 0.4) is 0 Å². The number of benzene rings is 1. The van der Waals surface area contributed by atoms with Crippen molar-refractivity contribution in [3.8, 4) is 0 Å². The smallest absolute Gasteiger partial charge is 0.384 e. The summed E-state index contributed by atoms with van der Waals surface area (Å²) in [6.07, 6.45) is 5.80. The summed E-state index contributed by atoms with van der Waals surface area (Å²) >= 11 is 0. The Balaban J connectivity index is 1.84. The Kier molecular flexibility index (Phi) is 6.44.